The Hall–Kier alpha value is -3.34. The minimum absolute atomic E-state index is 0.153. The first-order chi connectivity index (χ1) is 13.6. The lowest BCUT2D eigenvalue weighted by atomic mass is 9.93. The number of aliphatic hydroxyl groups is 1. The lowest BCUT2D eigenvalue weighted by Gasteiger charge is -2.27. The standard InChI is InChI=1S/C23H23N3O2/c1-17-8-10-19(11-9-17)21-20(18-6-3-2-4-7-18)22(27)23(28)26(21)14-5-13-25-15-12-24-16-25/h2-4,6-12,15-16,21,27H,5,13-14H2,1H3. The number of benzene rings is 2. The summed E-state index contributed by atoms with van der Waals surface area (Å²) in [5, 5.41) is 10.7. The second kappa shape index (κ2) is 7.72. The Morgan fingerprint density at radius 3 is 2.46 bits per heavy atom. The van der Waals surface area contributed by atoms with Gasteiger partial charge in [0.1, 0.15) is 0 Å². The van der Waals surface area contributed by atoms with Gasteiger partial charge in [0.15, 0.2) is 5.76 Å². The molecule has 4 rings (SSSR count). The first-order valence-corrected chi connectivity index (χ1v) is 9.47. The van der Waals surface area contributed by atoms with Gasteiger partial charge in [0.2, 0.25) is 0 Å². The first-order valence-electron chi connectivity index (χ1n) is 9.47. The number of carbonyl (C=O) groups is 1. The maximum absolute atomic E-state index is 12.9. The van der Waals surface area contributed by atoms with Crippen molar-refractivity contribution in [2.24, 2.45) is 0 Å². The lowest BCUT2D eigenvalue weighted by molar-refractivity contribution is -0.129. The van der Waals surface area contributed by atoms with Gasteiger partial charge in [-0.15, -0.1) is 0 Å². The molecule has 1 amide bonds. The fourth-order valence-corrected chi connectivity index (χ4v) is 3.73. The van der Waals surface area contributed by atoms with Crippen LogP contribution >= 0.6 is 0 Å². The van der Waals surface area contributed by atoms with Gasteiger partial charge in [-0.25, -0.2) is 4.98 Å². The molecule has 0 radical (unpaired) electrons. The number of aliphatic hydroxyl groups excluding tert-OH is 1. The molecule has 5 nitrogen and oxygen atoms in total. The summed E-state index contributed by atoms with van der Waals surface area (Å²) >= 11 is 0. The quantitative estimate of drug-likeness (QED) is 0.707. The molecule has 0 spiro atoms. The highest BCUT2D eigenvalue weighted by Gasteiger charge is 2.40. The number of aryl methyl sites for hydroxylation is 2. The lowest BCUT2D eigenvalue weighted by Crippen LogP contribution is -2.31. The van der Waals surface area contributed by atoms with Crippen molar-refractivity contribution >= 4 is 11.5 Å². The number of nitrogens with zero attached hydrogens (tertiary/aromatic N) is 3. The Bertz CT molecular complexity index is 976. The van der Waals surface area contributed by atoms with Crippen LogP contribution in [0.1, 0.15) is 29.2 Å². The monoisotopic (exact) mass is 373 g/mol. The summed E-state index contributed by atoms with van der Waals surface area (Å²) in [6.07, 6.45) is 6.21. The van der Waals surface area contributed by atoms with Crippen molar-refractivity contribution in [2.75, 3.05) is 6.54 Å². The van der Waals surface area contributed by atoms with E-state index in [1.807, 2.05) is 72.3 Å². The second-order valence-corrected chi connectivity index (χ2v) is 7.09. The molecule has 0 aliphatic carbocycles. The Morgan fingerprint density at radius 1 is 1.04 bits per heavy atom. The van der Waals surface area contributed by atoms with E-state index >= 15 is 0 Å². The molecule has 2 aromatic carbocycles. The number of aromatic nitrogens is 2. The molecule has 0 fully saturated rings. The van der Waals surface area contributed by atoms with E-state index in [2.05, 4.69) is 4.98 Å². The van der Waals surface area contributed by atoms with Crippen molar-refractivity contribution in [1.82, 2.24) is 14.5 Å². The summed E-state index contributed by atoms with van der Waals surface area (Å²) < 4.78 is 1.99. The zero-order valence-corrected chi connectivity index (χ0v) is 15.8. The molecule has 1 aliphatic rings. The molecule has 1 atom stereocenters. The molecule has 1 unspecified atom stereocenters. The number of carbonyl (C=O) groups excluding carboxylic acids is 1. The van der Waals surface area contributed by atoms with Gasteiger partial charge in [-0.1, -0.05) is 60.2 Å². The van der Waals surface area contributed by atoms with Crippen LogP contribution in [0.2, 0.25) is 0 Å². The van der Waals surface area contributed by atoms with Crippen molar-refractivity contribution in [3.63, 3.8) is 0 Å². The number of imidazole rings is 1. The molecule has 1 N–H and O–H groups in total. The van der Waals surface area contributed by atoms with E-state index in [1.54, 1.807) is 17.4 Å². The third-order valence-electron chi connectivity index (χ3n) is 5.16. The van der Waals surface area contributed by atoms with Crippen molar-refractivity contribution < 1.29 is 9.90 Å². The number of hydrogen-bond acceptors (Lipinski definition) is 3. The summed E-state index contributed by atoms with van der Waals surface area (Å²) in [6, 6.07) is 17.5. The third-order valence-corrected chi connectivity index (χ3v) is 5.16. The summed E-state index contributed by atoms with van der Waals surface area (Å²) in [6.45, 7) is 3.36. The van der Waals surface area contributed by atoms with Gasteiger partial charge in [-0.3, -0.25) is 4.79 Å². The van der Waals surface area contributed by atoms with E-state index < -0.39 is 0 Å². The van der Waals surface area contributed by atoms with Gasteiger partial charge in [0.05, 0.1) is 12.4 Å². The van der Waals surface area contributed by atoms with Gasteiger partial charge >= 0.3 is 0 Å². The van der Waals surface area contributed by atoms with Crippen LogP contribution in [-0.4, -0.2) is 32.0 Å². The van der Waals surface area contributed by atoms with Crippen molar-refractivity contribution in [1.29, 1.82) is 0 Å². The molecular weight excluding hydrogens is 350 g/mol. The fraction of sp³-hybridized carbons (Fsp3) is 0.217. The minimum atomic E-state index is -0.310. The van der Waals surface area contributed by atoms with Crippen LogP contribution in [0.15, 0.2) is 79.1 Å². The smallest absolute Gasteiger partial charge is 0.289 e. The van der Waals surface area contributed by atoms with Crippen LogP contribution in [-0.2, 0) is 11.3 Å². The van der Waals surface area contributed by atoms with E-state index in [4.69, 9.17) is 0 Å². The second-order valence-electron chi connectivity index (χ2n) is 7.09. The summed E-state index contributed by atoms with van der Waals surface area (Å²) in [5.74, 6) is -0.463. The topological polar surface area (TPSA) is 58.4 Å². The van der Waals surface area contributed by atoms with E-state index in [-0.39, 0.29) is 17.7 Å². The van der Waals surface area contributed by atoms with Gasteiger partial charge < -0.3 is 14.6 Å². The zero-order chi connectivity index (χ0) is 19.5. The third kappa shape index (κ3) is 3.43. The van der Waals surface area contributed by atoms with Gasteiger partial charge in [0, 0.05) is 31.1 Å². The maximum atomic E-state index is 12.9. The highest BCUT2D eigenvalue weighted by molar-refractivity contribution is 6.05. The maximum Gasteiger partial charge on any atom is 0.289 e. The van der Waals surface area contributed by atoms with Crippen LogP contribution in [0, 0.1) is 6.92 Å². The number of amides is 1. The van der Waals surface area contributed by atoms with E-state index in [0.717, 1.165) is 29.7 Å². The predicted octanol–water partition coefficient (Wildman–Crippen LogP) is 4.13. The Kier molecular flexibility index (Phi) is 4.98. The Balaban J connectivity index is 1.66. The highest BCUT2D eigenvalue weighted by atomic mass is 16.3. The zero-order valence-electron chi connectivity index (χ0n) is 15.8. The highest BCUT2D eigenvalue weighted by Crippen LogP contribution is 2.42. The number of hydrogen-bond donors (Lipinski definition) is 1. The number of rotatable bonds is 6. The molecule has 1 aliphatic heterocycles. The molecular formula is C23H23N3O2. The fourth-order valence-electron chi connectivity index (χ4n) is 3.73. The largest absolute Gasteiger partial charge is 0.503 e. The van der Waals surface area contributed by atoms with Crippen molar-refractivity contribution in [2.45, 2.75) is 25.9 Å². The Labute approximate surface area is 164 Å². The summed E-state index contributed by atoms with van der Waals surface area (Å²) in [7, 11) is 0. The molecule has 2 heterocycles. The molecule has 0 saturated heterocycles. The van der Waals surface area contributed by atoms with Gasteiger partial charge in [0.25, 0.3) is 5.91 Å². The van der Waals surface area contributed by atoms with Crippen LogP contribution in [0.25, 0.3) is 5.57 Å². The predicted molar refractivity (Wildman–Crippen MR) is 108 cm³/mol. The van der Waals surface area contributed by atoms with Crippen LogP contribution in [0.5, 0.6) is 0 Å². The van der Waals surface area contributed by atoms with Crippen molar-refractivity contribution in [3.05, 3.63) is 95.8 Å². The average molecular weight is 373 g/mol. The van der Waals surface area contributed by atoms with E-state index in [9.17, 15) is 9.90 Å². The Morgan fingerprint density at radius 2 is 1.79 bits per heavy atom. The first kappa shape index (κ1) is 18.0. The van der Waals surface area contributed by atoms with Crippen LogP contribution in [0.3, 0.4) is 0 Å². The van der Waals surface area contributed by atoms with Crippen molar-refractivity contribution in [3.8, 4) is 0 Å². The summed E-state index contributed by atoms with van der Waals surface area (Å²) in [5.41, 5.74) is 3.71. The average Bonchev–Trinajstić information content (AvgIpc) is 3.32. The minimum Gasteiger partial charge on any atom is -0.503 e. The molecule has 5 heteroatoms. The van der Waals surface area contributed by atoms with E-state index in [1.165, 1.54) is 0 Å². The molecule has 1 aromatic heterocycles. The summed E-state index contributed by atoms with van der Waals surface area (Å²) in [4.78, 5) is 18.8. The van der Waals surface area contributed by atoms with Gasteiger partial charge in [-0.2, -0.15) is 0 Å². The normalized spacial score (nSPS) is 16.8. The molecule has 3 aromatic rings. The van der Waals surface area contributed by atoms with Gasteiger partial charge in [-0.05, 0) is 24.5 Å². The molecule has 28 heavy (non-hydrogen) atoms. The van der Waals surface area contributed by atoms with Crippen LogP contribution < -0.4 is 0 Å². The molecule has 0 bridgehead atoms. The molecule has 142 valence electrons. The van der Waals surface area contributed by atoms with Crippen LogP contribution in [0.4, 0.5) is 0 Å². The van der Waals surface area contributed by atoms with E-state index in [0.29, 0.717) is 12.1 Å². The SMILES string of the molecule is Cc1ccc(C2C(c3ccccc3)=C(O)C(=O)N2CCCn2ccnc2)cc1. The molecule has 0 saturated carbocycles.